The number of carboxylic acid groups (broad SMARTS) is 1. The molecule has 2 heterocycles. The normalized spacial score (nSPS) is 34.8. The minimum atomic E-state index is -1.05. The van der Waals surface area contributed by atoms with Crippen LogP contribution in [0.4, 0.5) is 0 Å². The van der Waals surface area contributed by atoms with Crippen molar-refractivity contribution in [1.29, 1.82) is 0 Å². The Hall–Kier alpha value is -2.04. The Morgan fingerprint density at radius 3 is 2.87 bits per heavy atom. The SMILES string of the molecule is CC1(C(=O)O)CCCN1C(=O)[C@@H]1C[C@]12CCOc1ccccc12. The number of benzene rings is 1. The Bertz CT molecular complexity index is 687. The molecule has 4 rings (SSSR count). The molecule has 5 heteroatoms. The first kappa shape index (κ1) is 14.5. The topological polar surface area (TPSA) is 66.8 Å². The van der Waals surface area contributed by atoms with E-state index in [0.29, 0.717) is 19.6 Å². The maximum Gasteiger partial charge on any atom is 0.329 e. The average molecular weight is 315 g/mol. The third-order valence-corrected chi connectivity index (χ3v) is 5.97. The fourth-order valence-corrected chi connectivity index (χ4v) is 4.41. The van der Waals surface area contributed by atoms with Crippen LogP contribution >= 0.6 is 0 Å². The molecule has 3 aliphatic rings. The lowest BCUT2D eigenvalue weighted by Crippen LogP contribution is -2.52. The van der Waals surface area contributed by atoms with E-state index < -0.39 is 11.5 Å². The molecule has 0 radical (unpaired) electrons. The highest BCUT2D eigenvalue weighted by Crippen LogP contribution is 2.61. The summed E-state index contributed by atoms with van der Waals surface area (Å²) >= 11 is 0. The molecule has 1 N–H and O–H groups in total. The number of nitrogens with zero attached hydrogens (tertiary/aromatic N) is 1. The monoisotopic (exact) mass is 315 g/mol. The fourth-order valence-electron chi connectivity index (χ4n) is 4.41. The molecule has 1 amide bonds. The predicted octanol–water partition coefficient (Wildman–Crippen LogP) is 2.19. The van der Waals surface area contributed by atoms with Crippen LogP contribution in [0.25, 0.3) is 0 Å². The number of carboxylic acids is 1. The lowest BCUT2D eigenvalue weighted by atomic mass is 9.87. The molecule has 1 saturated carbocycles. The highest BCUT2D eigenvalue weighted by Gasteiger charge is 2.63. The van der Waals surface area contributed by atoms with Gasteiger partial charge in [0.05, 0.1) is 6.61 Å². The van der Waals surface area contributed by atoms with Gasteiger partial charge in [0.1, 0.15) is 11.3 Å². The molecule has 0 aromatic heterocycles. The van der Waals surface area contributed by atoms with E-state index in [2.05, 4.69) is 0 Å². The van der Waals surface area contributed by atoms with Crippen molar-refractivity contribution < 1.29 is 19.4 Å². The van der Waals surface area contributed by atoms with Gasteiger partial charge in [-0.1, -0.05) is 18.2 Å². The number of para-hydroxylation sites is 1. The largest absolute Gasteiger partial charge is 0.493 e. The van der Waals surface area contributed by atoms with Gasteiger partial charge in [0.25, 0.3) is 0 Å². The summed E-state index contributed by atoms with van der Waals surface area (Å²) in [5, 5.41) is 9.54. The zero-order chi connectivity index (χ0) is 16.2. The molecule has 1 unspecified atom stereocenters. The van der Waals surface area contributed by atoms with Gasteiger partial charge in [-0.15, -0.1) is 0 Å². The molecular formula is C18H21NO4. The minimum absolute atomic E-state index is 0.00380. The standard InChI is InChI=1S/C18H21NO4/c1-17(16(21)22)7-4-9-19(17)15(20)13-11-18(13)8-10-23-14-6-3-2-5-12(14)18/h2-3,5-6,13H,4,7-11H2,1H3,(H,21,22)/t13-,17?,18-/m0/s1. The summed E-state index contributed by atoms with van der Waals surface area (Å²) < 4.78 is 5.71. The summed E-state index contributed by atoms with van der Waals surface area (Å²) in [6.45, 7) is 2.84. The Balaban J connectivity index is 1.63. The molecule has 2 aliphatic heterocycles. The van der Waals surface area contributed by atoms with Crippen molar-refractivity contribution in [1.82, 2.24) is 4.90 Å². The van der Waals surface area contributed by atoms with Crippen molar-refractivity contribution in [3.8, 4) is 5.75 Å². The van der Waals surface area contributed by atoms with Crippen LogP contribution in [0.3, 0.4) is 0 Å². The van der Waals surface area contributed by atoms with Crippen LogP contribution in [0.5, 0.6) is 5.75 Å². The van der Waals surface area contributed by atoms with Crippen LogP contribution in [0, 0.1) is 5.92 Å². The second kappa shape index (κ2) is 4.73. The summed E-state index contributed by atoms with van der Waals surface area (Å²) in [6, 6.07) is 7.92. The highest BCUT2D eigenvalue weighted by atomic mass is 16.5. The minimum Gasteiger partial charge on any atom is -0.493 e. The van der Waals surface area contributed by atoms with Gasteiger partial charge in [-0.3, -0.25) is 4.79 Å². The van der Waals surface area contributed by atoms with Crippen LogP contribution in [0.2, 0.25) is 0 Å². The zero-order valence-corrected chi connectivity index (χ0v) is 13.2. The van der Waals surface area contributed by atoms with Crippen molar-refractivity contribution in [2.75, 3.05) is 13.2 Å². The van der Waals surface area contributed by atoms with Gasteiger partial charge in [-0.2, -0.15) is 0 Å². The van der Waals surface area contributed by atoms with Crippen LogP contribution in [-0.2, 0) is 15.0 Å². The third-order valence-electron chi connectivity index (χ3n) is 5.97. The van der Waals surface area contributed by atoms with Gasteiger partial charge < -0.3 is 14.7 Å². The number of likely N-dealkylation sites (tertiary alicyclic amines) is 1. The van der Waals surface area contributed by atoms with Crippen molar-refractivity contribution >= 4 is 11.9 Å². The van der Waals surface area contributed by atoms with Crippen molar-refractivity contribution in [2.24, 2.45) is 5.92 Å². The number of hydrogen-bond donors (Lipinski definition) is 1. The second-order valence-electron chi connectivity index (χ2n) is 7.18. The molecule has 2 fully saturated rings. The maximum atomic E-state index is 13.0. The van der Waals surface area contributed by atoms with Gasteiger partial charge in [0.2, 0.25) is 5.91 Å². The van der Waals surface area contributed by atoms with Crippen molar-refractivity contribution in [3.05, 3.63) is 29.8 Å². The van der Waals surface area contributed by atoms with Crippen LogP contribution in [-0.4, -0.2) is 40.6 Å². The van der Waals surface area contributed by atoms with Gasteiger partial charge in [0, 0.05) is 23.4 Å². The maximum absolute atomic E-state index is 13.0. The zero-order valence-electron chi connectivity index (χ0n) is 13.2. The predicted molar refractivity (Wildman–Crippen MR) is 83.3 cm³/mol. The summed E-state index contributed by atoms with van der Waals surface area (Å²) in [5.74, 6) is -0.129. The molecule has 1 spiro atoms. The number of carbonyl (C=O) groups excluding carboxylic acids is 1. The summed E-state index contributed by atoms with van der Waals surface area (Å²) in [4.78, 5) is 26.3. The van der Waals surface area contributed by atoms with E-state index in [9.17, 15) is 14.7 Å². The Morgan fingerprint density at radius 1 is 1.30 bits per heavy atom. The number of ether oxygens (including phenoxy) is 1. The van der Waals surface area contributed by atoms with Crippen LogP contribution in [0.15, 0.2) is 24.3 Å². The summed E-state index contributed by atoms with van der Waals surface area (Å²) in [7, 11) is 0. The summed E-state index contributed by atoms with van der Waals surface area (Å²) in [6.07, 6.45) is 2.93. The second-order valence-corrected chi connectivity index (χ2v) is 7.18. The molecule has 122 valence electrons. The van der Waals surface area contributed by atoms with E-state index in [1.54, 1.807) is 11.8 Å². The molecule has 3 atom stereocenters. The molecule has 1 aliphatic carbocycles. The molecule has 0 bridgehead atoms. The Labute approximate surface area is 135 Å². The number of hydrogen-bond acceptors (Lipinski definition) is 3. The van der Waals surface area contributed by atoms with E-state index >= 15 is 0 Å². The molecule has 5 nitrogen and oxygen atoms in total. The Kier molecular flexibility index (Phi) is 2.99. The first-order chi connectivity index (χ1) is 11.0. The number of carbonyl (C=O) groups is 2. The molecular weight excluding hydrogens is 294 g/mol. The molecule has 1 saturated heterocycles. The van der Waals surface area contributed by atoms with E-state index in [1.807, 2.05) is 24.3 Å². The molecule has 23 heavy (non-hydrogen) atoms. The number of fused-ring (bicyclic) bond motifs is 2. The number of amides is 1. The van der Waals surface area contributed by atoms with Crippen LogP contribution in [0.1, 0.15) is 38.2 Å². The van der Waals surface area contributed by atoms with E-state index in [-0.39, 0.29) is 17.2 Å². The first-order valence-corrected chi connectivity index (χ1v) is 8.26. The van der Waals surface area contributed by atoms with Gasteiger partial charge >= 0.3 is 5.97 Å². The lowest BCUT2D eigenvalue weighted by Gasteiger charge is -2.33. The van der Waals surface area contributed by atoms with Crippen LogP contribution < -0.4 is 4.74 Å². The van der Waals surface area contributed by atoms with E-state index in [1.165, 1.54) is 0 Å². The van der Waals surface area contributed by atoms with E-state index in [4.69, 9.17) is 4.74 Å². The average Bonchev–Trinajstić information content (AvgIpc) is 3.11. The molecule has 1 aromatic rings. The first-order valence-electron chi connectivity index (χ1n) is 8.26. The highest BCUT2D eigenvalue weighted by molar-refractivity contribution is 5.91. The quantitative estimate of drug-likeness (QED) is 0.908. The molecule has 1 aromatic carbocycles. The fraction of sp³-hybridized carbons (Fsp3) is 0.556. The Morgan fingerprint density at radius 2 is 2.09 bits per heavy atom. The van der Waals surface area contributed by atoms with E-state index in [0.717, 1.165) is 30.6 Å². The smallest absolute Gasteiger partial charge is 0.329 e. The third kappa shape index (κ3) is 1.92. The van der Waals surface area contributed by atoms with Gasteiger partial charge in [0.15, 0.2) is 0 Å². The lowest BCUT2D eigenvalue weighted by molar-refractivity contribution is -0.156. The number of aliphatic carboxylic acids is 1. The van der Waals surface area contributed by atoms with Crippen molar-refractivity contribution in [2.45, 2.75) is 43.6 Å². The van der Waals surface area contributed by atoms with Gasteiger partial charge in [-0.25, -0.2) is 4.79 Å². The summed E-state index contributed by atoms with van der Waals surface area (Å²) in [5.41, 5.74) is -0.0831. The number of rotatable bonds is 2. The van der Waals surface area contributed by atoms with Gasteiger partial charge in [-0.05, 0) is 38.7 Å². The van der Waals surface area contributed by atoms with Crippen molar-refractivity contribution in [3.63, 3.8) is 0 Å².